The Balaban J connectivity index is 1.70. The van der Waals surface area contributed by atoms with Crippen LogP contribution in [-0.4, -0.2) is 5.91 Å². The molecule has 3 rings (SSSR count). The lowest BCUT2D eigenvalue weighted by molar-refractivity contribution is -0.128. The number of nitrogens with one attached hydrogen (secondary N) is 1. The Labute approximate surface area is 113 Å². The highest BCUT2D eigenvalue weighted by molar-refractivity contribution is 7.10. The third-order valence-electron chi connectivity index (χ3n) is 4.49. The van der Waals surface area contributed by atoms with Gasteiger partial charge in [-0.15, -0.1) is 11.3 Å². The molecule has 2 saturated carbocycles. The molecular weight excluding hydrogens is 242 g/mol. The average Bonchev–Trinajstić information content (AvgIpc) is 2.97. The molecule has 0 bridgehead atoms. The van der Waals surface area contributed by atoms with E-state index in [2.05, 4.69) is 22.8 Å². The number of carbonyl (C=O) groups is 1. The molecule has 1 amide bonds. The molecule has 2 aliphatic rings. The van der Waals surface area contributed by atoms with Crippen LogP contribution in [0.1, 0.15) is 55.9 Å². The van der Waals surface area contributed by atoms with Crippen LogP contribution >= 0.6 is 11.3 Å². The van der Waals surface area contributed by atoms with E-state index < -0.39 is 0 Å². The summed E-state index contributed by atoms with van der Waals surface area (Å²) in [6, 6.07) is 4.55. The molecule has 1 N–H and O–H groups in total. The molecule has 18 heavy (non-hydrogen) atoms. The predicted octanol–water partition coefficient (Wildman–Crippen LogP) is 3.90. The van der Waals surface area contributed by atoms with Crippen molar-refractivity contribution in [2.75, 3.05) is 0 Å². The summed E-state index contributed by atoms with van der Waals surface area (Å²) < 4.78 is 0. The minimum atomic E-state index is 0.278. The fourth-order valence-corrected chi connectivity index (χ4v) is 3.99. The summed E-state index contributed by atoms with van der Waals surface area (Å²) in [4.78, 5) is 13.5. The number of thiophene rings is 1. The lowest BCUT2D eigenvalue weighted by atomic mass is 9.84. The van der Waals surface area contributed by atoms with Crippen molar-refractivity contribution >= 4 is 17.2 Å². The fourth-order valence-electron chi connectivity index (χ4n) is 3.12. The maximum atomic E-state index is 12.2. The van der Waals surface area contributed by atoms with E-state index in [4.69, 9.17) is 0 Å². The first kappa shape index (κ1) is 12.2. The minimum Gasteiger partial charge on any atom is -0.348 e. The topological polar surface area (TPSA) is 29.1 Å². The molecule has 0 spiro atoms. The quantitative estimate of drug-likeness (QED) is 0.877. The molecule has 0 aromatic carbocycles. The highest BCUT2D eigenvalue weighted by atomic mass is 32.1. The summed E-state index contributed by atoms with van der Waals surface area (Å²) in [5.41, 5.74) is 0. The van der Waals surface area contributed by atoms with Gasteiger partial charge in [0.1, 0.15) is 0 Å². The zero-order chi connectivity index (χ0) is 12.4. The van der Waals surface area contributed by atoms with E-state index in [0.717, 1.165) is 12.8 Å². The third kappa shape index (κ3) is 2.46. The van der Waals surface area contributed by atoms with Gasteiger partial charge in [-0.2, -0.15) is 0 Å². The zero-order valence-electron chi connectivity index (χ0n) is 10.7. The van der Waals surface area contributed by atoms with Crippen molar-refractivity contribution < 1.29 is 4.79 Å². The van der Waals surface area contributed by atoms with Gasteiger partial charge >= 0.3 is 0 Å². The van der Waals surface area contributed by atoms with Crippen molar-refractivity contribution in [2.45, 2.75) is 51.0 Å². The van der Waals surface area contributed by atoms with Crippen LogP contribution in [0, 0.1) is 11.8 Å². The molecule has 3 heteroatoms. The fraction of sp³-hybridized carbons (Fsp3) is 0.667. The SMILES string of the molecule is O=C(N[C@H](c1cccs1)C1CCCC1)C1CCC1. The number of amides is 1. The van der Waals surface area contributed by atoms with Gasteiger partial charge in [0, 0.05) is 10.8 Å². The Morgan fingerprint density at radius 3 is 2.56 bits per heavy atom. The number of rotatable bonds is 4. The molecule has 1 aromatic rings. The molecule has 2 aliphatic carbocycles. The summed E-state index contributed by atoms with van der Waals surface area (Å²) in [5, 5.41) is 5.45. The standard InChI is InChI=1S/C15H21NOS/c17-15(12-7-3-8-12)16-14(11-5-1-2-6-11)13-9-4-10-18-13/h4,9-12,14H,1-3,5-8H2,(H,16,17)/t14-/m0/s1. The van der Waals surface area contributed by atoms with Crippen molar-refractivity contribution in [1.29, 1.82) is 0 Å². The van der Waals surface area contributed by atoms with Crippen LogP contribution in [0.15, 0.2) is 17.5 Å². The average molecular weight is 263 g/mol. The van der Waals surface area contributed by atoms with Crippen molar-refractivity contribution in [2.24, 2.45) is 11.8 Å². The van der Waals surface area contributed by atoms with E-state index in [1.807, 2.05) is 0 Å². The van der Waals surface area contributed by atoms with E-state index in [1.165, 1.54) is 37.0 Å². The first-order valence-corrected chi connectivity index (χ1v) is 8.06. The Kier molecular flexibility index (Phi) is 3.69. The molecule has 0 aliphatic heterocycles. The summed E-state index contributed by atoms with van der Waals surface area (Å²) in [7, 11) is 0. The second-order valence-electron chi connectivity index (χ2n) is 5.67. The van der Waals surface area contributed by atoms with E-state index in [0.29, 0.717) is 17.7 Å². The minimum absolute atomic E-state index is 0.278. The van der Waals surface area contributed by atoms with Gasteiger partial charge < -0.3 is 5.32 Å². The number of hydrogen-bond acceptors (Lipinski definition) is 2. The summed E-state index contributed by atoms with van der Waals surface area (Å²) >= 11 is 1.78. The molecule has 0 radical (unpaired) electrons. The lowest BCUT2D eigenvalue weighted by Gasteiger charge is -2.29. The molecule has 2 fully saturated rings. The smallest absolute Gasteiger partial charge is 0.223 e. The summed E-state index contributed by atoms with van der Waals surface area (Å²) in [6.07, 6.45) is 8.60. The van der Waals surface area contributed by atoms with Crippen molar-refractivity contribution in [3.8, 4) is 0 Å². The van der Waals surface area contributed by atoms with Gasteiger partial charge in [0.15, 0.2) is 0 Å². The molecular formula is C15H21NOS. The van der Waals surface area contributed by atoms with Gasteiger partial charge in [0.05, 0.1) is 6.04 Å². The van der Waals surface area contributed by atoms with Crippen LogP contribution in [0.25, 0.3) is 0 Å². The Morgan fingerprint density at radius 1 is 1.22 bits per heavy atom. The van der Waals surface area contributed by atoms with Gasteiger partial charge in [-0.25, -0.2) is 0 Å². The molecule has 2 nitrogen and oxygen atoms in total. The highest BCUT2D eigenvalue weighted by Gasteiger charge is 2.32. The molecule has 0 unspecified atom stereocenters. The Bertz CT molecular complexity index is 391. The maximum Gasteiger partial charge on any atom is 0.223 e. The van der Waals surface area contributed by atoms with Crippen molar-refractivity contribution in [1.82, 2.24) is 5.32 Å². The largest absolute Gasteiger partial charge is 0.348 e. The highest BCUT2D eigenvalue weighted by Crippen LogP contribution is 2.38. The van der Waals surface area contributed by atoms with Crippen LogP contribution in [0.5, 0.6) is 0 Å². The number of carbonyl (C=O) groups excluding carboxylic acids is 1. The first-order valence-electron chi connectivity index (χ1n) is 7.18. The molecule has 98 valence electrons. The Hall–Kier alpha value is -0.830. The lowest BCUT2D eigenvalue weighted by Crippen LogP contribution is -2.39. The normalized spacial score (nSPS) is 22.7. The second kappa shape index (κ2) is 5.43. The molecule has 0 saturated heterocycles. The monoisotopic (exact) mass is 263 g/mol. The predicted molar refractivity (Wildman–Crippen MR) is 74.5 cm³/mol. The van der Waals surface area contributed by atoms with Crippen LogP contribution in [-0.2, 0) is 4.79 Å². The van der Waals surface area contributed by atoms with Gasteiger partial charge in [-0.3, -0.25) is 4.79 Å². The van der Waals surface area contributed by atoms with Crippen LogP contribution in [0.2, 0.25) is 0 Å². The first-order chi connectivity index (χ1) is 8.84. The van der Waals surface area contributed by atoms with E-state index in [9.17, 15) is 4.79 Å². The molecule has 1 heterocycles. The maximum absolute atomic E-state index is 12.2. The molecule has 1 aromatic heterocycles. The van der Waals surface area contributed by atoms with E-state index in [-0.39, 0.29) is 6.04 Å². The third-order valence-corrected chi connectivity index (χ3v) is 5.45. The van der Waals surface area contributed by atoms with Crippen molar-refractivity contribution in [3.05, 3.63) is 22.4 Å². The van der Waals surface area contributed by atoms with E-state index >= 15 is 0 Å². The van der Waals surface area contributed by atoms with Crippen LogP contribution in [0.3, 0.4) is 0 Å². The van der Waals surface area contributed by atoms with Crippen LogP contribution < -0.4 is 5.32 Å². The van der Waals surface area contributed by atoms with E-state index in [1.54, 1.807) is 11.3 Å². The summed E-state index contributed by atoms with van der Waals surface area (Å²) in [6.45, 7) is 0. The molecule has 1 atom stereocenters. The van der Waals surface area contributed by atoms with Crippen molar-refractivity contribution in [3.63, 3.8) is 0 Å². The zero-order valence-corrected chi connectivity index (χ0v) is 11.5. The van der Waals surface area contributed by atoms with Crippen LogP contribution in [0.4, 0.5) is 0 Å². The van der Waals surface area contributed by atoms with Gasteiger partial charge in [0.25, 0.3) is 0 Å². The summed E-state index contributed by atoms with van der Waals surface area (Å²) in [5.74, 6) is 1.26. The number of hydrogen-bond donors (Lipinski definition) is 1. The van der Waals surface area contributed by atoms with Gasteiger partial charge in [0.2, 0.25) is 5.91 Å². The van der Waals surface area contributed by atoms with Gasteiger partial charge in [-0.1, -0.05) is 25.3 Å². The second-order valence-corrected chi connectivity index (χ2v) is 6.65. The Morgan fingerprint density at radius 2 is 2.00 bits per heavy atom. The van der Waals surface area contributed by atoms with Gasteiger partial charge in [-0.05, 0) is 43.0 Å².